The summed E-state index contributed by atoms with van der Waals surface area (Å²) in [5.74, 6) is 0.487. The quantitative estimate of drug-likeness (QED) is 0.926. The van der Waals surface area contributed by atoms with E-state index in [2.05, 4.69) is 29.0 Å². The first-order valence-corrected chi connectivity index (χ1v) is 8.37. The number of nitrogens with one attached hydrogen (secondary N) is 1. The Kier molecular flexibility index (Phi) is 3.23. The molecule has 5 heteroatoms. The first-order valence-electron chi connectivity index (χ1n) is 8.37. The molecule has 1 N–H and O–H groups in total. The van der Waals surface area contributed by atoms with Crippen LogP contribution in [0.2, 0.25) is 0 Å². The average Bonchev–Trinajstić information content (AvgIpc) is 3.00. The van der Waals surface area contributed by atoms with Crippen molar-refractivity contribution in [3.05, 3.63) is 29.8 Å². The highest BCUT2D eigenvalue weighted by Crippen LogP contribution is 2.39. The molecule has 3 saturated heterocycles. The van der Waals surface area contributed by atoms with Crippen molar-refractivity contribution < 1.29 is 9.21 Å². The van der Waals surface area contributed by atoms with Gasteiger partial charge in [-0.3, -0.25) is 9.69 Å². The molecular weight excluding hydrogens is 290 g/mol. The molecule has 1 amide bonds. The summed E-state index contributed by atoms with van der Waals surface area (Å²) in [6, 6.07) is 3.87. The number of fused-ring (bicyclic) bond motifs is 4. The zero-order valence-corrected chi connectivity index (χ0v) is 13.9. The Labute approximate surface area is 136 Å². The Hall–Kier alpha value is -1.88. The minimum Gasteiger partial charge on any atom is -0.462 e. The van der Waals surface area contributed by atoms with E-state index in [1.54, 1.807) is 6.26 Å². The van der Waals surface area contributed by atoms with Gasteiger partial charge in [0.25, 0.3) is 5.91 Å². The van der Waals surface area contributed by atoms with E-state index in [4.69, 9.17) is 4.42 Å². The van der Waals surface area contributed by atoms with Crippen LogP contribution in [0.3, 0.4) is 0 Å². The Bertz CT molecular complexity index is 757. The van der Waals surface area contributed by atoms with Gasteiger partial charge < -0.3 is 9.73 Å². The van der Waals surface area contributed by atoms with Crippen LogP contribution in [0.4, 0.5) is 0 Å². The van der Waals surface area contributed by atoms with Crippen LogP contribution in [0, 0.1) is 12.8 Å². The monoisotopic (exact) mass is 313 g/mol. The lowest BCUT2D eigenvalue weighted by atomic mass is 9.72. The number of pyridine rings is 1. The smallest absolute Gasteiger partial charge is 0.270 e. The second-order valence-electron chi connectivity index (χ2n) is 7.36. The second kappa shape index (κ2) is 5.06. The van der Waals surface area contributed by atoms with Gasteiger partial charge in [0.2, 0.25) is 0 Å². The molecule has 3 fully saturated rings. The first-order chi connectivity index (χ1) is 11.0. The topological polar surface area (TPSA) is 58.4 Å². The van der Waals surface area contributed by atoms with Crippen LogP contribution >= 0.6 is 0 Å². The SMILES string of the molecule is Cc1nc(C(=O)N[C@H]2C3CCN(CC3)C2(C)C)cc2ccoc12. The molecule has 2 aromatic heterocycles. The number of rotatable bonds is 2. The van der Waals surface area contributed by atoms with Gasteiger partial charge in [0.15, 0.2) is 5.58 Å². The fourth-order valence-electron chi connectivity index (χ4n) is 4.35. The molecule has 5 nitrogen and oxygen atoms in total. The Morgan fingerprint density at radius 3 is 2.83 bits per heavy atom. The van der Waals surface area contributed by atoms with Gasteiger partial charge in [0.1, 0.15) is 5.69 Å². The van der Waals surface area contributed by atoms with E-state index < -0.39 is 0 Å². The third kappa shape index (κ3) is 2.26. The molecule has 0 radical (unpaired) electrons. The van der Waals surface area contributed by atoms with Gasteiger partial charge in [-0.25, -0.2) is 4.98 Å². The molecule has 2 aromatic rings. The van der Waals surface area contributed by atoms with E-state index in [0.29, 0.717) is 11.6 Å². The molecule has 3 aliphatic heterocycles. The molecule has 2 bridgehead atoms. The minimum atomic E-state index is -0.0805. The van der Waals surface area contributed by atoms with Gasteiger partial charge >= 0.3 is 0 Å². The van der Waals surface area contributed by atoms with Gasteiger partial charge in [0.05, 0.1) is 12.0 Å². The van der Waals surface area contributed by atoms with Crippen LogP contribution in [-0.2, 0) is 0 Å². The molecule has 0 unspecified atom stereocenters. The predicted octanol–water partition coefficient (Wildman–Crippen LogP) is 2.74. The first kappa shape index (κ1) is 14.7. The maximum atomic E-state index is 12.8. The minimum absolute atomic E-state index is 0.00557. The summed E-state index contributed by atoms with van der Waals surface area (Å²) in [4.78, 5) is 19.7. The van der Waals surface area contributed by atoms with E-state index in [9.17, 15) is 4.79 Å². The Morgan fingerprint density at radius 2 is 2.13 bits per heavy atom. The predicted molar refractivity (Wildman–Crippen MR) is 88.4 cm³/mol. The van der Waals surface area contributed by atoms with Crippen molar-refractivity contribution in [3.8, 4) is 0 Å². The maximum absolute atomic E-state index is 12.8. The fourth-order valence-corrected chi connectivity index (χ4v) is 4.35. The van der Waals surface area contributed by atoms with Crippen molar-refractivity contribution in [1.29, 1.82) is 0 Å². The van der Waals surface area contributed by atoms with Crippen LogP contribution in [0.15, 0.2) is 22.8 Å². The van der Waals surface area contributed by atoms with Crippen molar-refractivity contribution in [2.45, 2.75) is 45.2 Å². The molecular formula is C18H23N3O2. The van der Waals surface area contributed by atoms with Crippen molar-refractivity contribution in [3.63, 3.8) is 0 Å². The number of nitrogens with zero attached hydrogens (tertiary/aromatic N) is 2. The summed E-state index contributed by atoms with van der Waals surface area (Å²) in [5, 5.41) is 4.19. The maximum Gasteiger partial charge on any atom is 0.270 e. The van der Waals surface area contributed by atoms with Crippen LogP contribution in [-0.4, -0.2) is 40.5 Å². The van der Waals surface area contributed by atoms with Crippen LogP contribution in [0.5, 0.6) is 0 Å². The highest BCUT2D eigenvalue weighted by atomic mass is 16.3. The lowest BCUT2D eigenvalue weighted by Crippen LogP contribution is -2.69. The standard InChI is InChI=1S/C18H23N3O2/c1-11-15-13(6-9-23-15)10-14(19-11)17(22)20-16-12-4-7-21(8-5-12)18(16,2)3/h6,9-10,12,16H,4-5,7-8H2,1-3H3,(H,20,22)/t16-/m0/s1. The van der Waals surface area contributed by atoms with Gasteiger partial charge in [-0.15, -0.1) is 0 Å². The summed E-state index contributed by atoms with van der Waals surface area (Å²) in [5.41, 5.74) is 1.99. The van der Waals surface area contributed by atoms with Crippen molar-refractivity contribution in [2.24, 2.45) is 5.92 Å². The van der Waals surface area contributed by atoms with Crippen LogP contribution < -0.4 is 5.32 Å². The molecule has 5 heterocycles. The lowest BCUT2D eigenvalue weighted by molar-refractivity contribution is -0.0378. The molecule has 5 rings (SSSR count). The number of amides is 1. The largest absolute Gasteiger partial charge is 0.462 e. The number of hydrogen-bond donors (Lipinski definition) is 1. The normalized spacial score (nSPS) is 28.9. The van der Waals surface area contributed by atoms with Crippen LogP contribution in [0.25, 0.3) is 11.0 Å². The molecule has 122 valence electrons. The summed E-state index contributed by atoms with van der Waals surface area (Å²) < 4.78 is 5.41. The highest BCUT2D eigenvalue weighted by Gasteiger charge is 2.48. The van der Waals surface area contributed by atoms with Gasteiger partial charge in [-0.1, -0.05) is 0 Å². The van der Waals surface area contributed by atoms with E-state index in [-0.39, 0.29) is 17.5 Å². The van der Waals surface area contributed by atoms with Crippen molar-refractivity contribution in [2.75, 3.05) is 13.1 Å². The van der Waals surface area contributed by atoms with E-state index in [1.807, 2.05) is 19.1 Å². The summed E-state index contributed by atoms with van der Waals surface area (Å²) in [7, 11) is 0. The van der Waals surface area contributed by atoms with E-state index >= 15 is 0 Å². The highest BCUT2D eigenvalue weighted by molar-refractivity contribution is 5.96. The molecule has 0 saturated carbocycles. The summed E-state index contributed by atoms with van der Waals surface area (Å²) >= 11 is 0. The number of carbonyl (C=O) groups excluding carboxylic acids is 1. The molecule has 0 aliphatic carbocycles. The Balaban J connectivity index is 1.61. The Morgan fingerprint density at radius 1 is 1.39 bits per heavy atom. The van der Waals surface area contributed by atoms with Gasteiger partial charge in [-0.05, 0) is 64.8 Å². The average molecular weight is 313 g/mol. The van der Waals surface area contributed by atoms with Gasteiger partial charge in [-0.2, -0.15) is 0 Å². The number of aromatic nitrogens is 1. The van der Waals surface area contributed by atoms with Crippen molar-refractivity contribution in [1.82, 2.24) is 15.2 Å². The number of hydrogen-bond acceptors (Lipinski definition) is 4. The summed E-state index contributed by atoms with van der Waals surface area (Å²) in [6.07, 6.45) is 3.97. The molecule has 1 atom stereocenters. The molecule has 0 spiro atoms. The third-order valence-electron chi connectivity index (χ3n) is 5.71. The zero-order valence-electron chi connectivity index (χ0n) is 13.9. The lowest BCUT2D eigenvalue weighted by Gasteiger charge is -2.56. The third-order valence-corrected chi connectivity index (χ3v) is 5.71. The van der Waals surface area contributed by atoms with Crippen LogP contribution in [0.1, 0.15) is 42.9 Å². The van der Waals surface area contributed by atoms with E-state index in [0.717, 1.165) is 29.8 Å². The van der Waals surface area contributed by atoms with Gasteiger partial charge in [0, 0.05) is 17.0 Å². The molecule has 0 aromatic carbocycles. The number of piperidine rings is 3. The number of furan rings is 1. The van der Waals surface area contributed by atoms with E-state index in [1.165, 1.54) is 12.8 Å². The molecule has 3 aliphatic rings. The van der Waals surface area contributed by atoms with Crippen molar-refractivity contribution >= 4 is 16.9 Å². The molecule has 23 heavy (non-hydrogen) atoms. The zero-order chi connectivity index (χ0) is 16.2. The summed E-state index contributed by atoms with van der Waals surface area (Å²) in [6.45, 7) is 8.63. The fraction of sp³-hybridized carbons (Fsp3) is 0.556. The number of carbonyl (C=O) groups is 1. The second-order valence-corrected chi connectivity index (χ2v) is 7.36. The number of aryl methyl sites for hydroxylation is 1.